The fraction of sp³-hybridized carbons (Fsp3) is 0.333. The number of fused-ring (bicyclic) bond motifs is 1. The Balaban J connectivity index is 1.72. The van der Waals surface area contributed by atoms with E-state index in [1.54, 1.807) is 23.9 Å². The van der Waals surface area contributed by atoms with Crippen molar-refractivity contribution in [3.05, 3.63) is 78.3 Å². The lowest BCUT2D eigenvalue weighted by atomic mass is 10.0. The number of nitrogens with one attached hydrogen (secondary N) is 1. The second-order valence-corrected chi connectivity index (χ2v) is 9.25. The monoisotopic (exact) mass is 489 g/mol. The highest BCUT2D eigenvalue weighted by molar-refractivity contribution is 5.89. The number of methoxy groups -OCH3 is 1. The number of amides is 2. The van der Waals surface area contributed by atoms with Crippen LogP contribution >= 0.6 is 0 Å². The summed E-state index contributed by atoms with van der Waals surface area (Å²) < 4.78 is 12.5. The average molecular weight is 490 g/mol. The summed E-state index contributed by atoms with van der Waals surface area (Å²) in [6.07, 6.45) is 2.22. The van der Waals surface area contributed by atoms with Gasteiger partial charge in [0.05, 0.1) is 18.9 Å². The highest BCUT2D eigenvalue weighted by Crippen LogP contribution is 2.27. The molecule has 0 unspecified atom stereocenters. The minimum absolute atomic E-state index is 0.0850. The maximum atomic E-state index is 13.8. The van der Waals surface area contributed by atoms with Gasteiger partial charge in [-0.15, -0.1) is 5.10 Å². The molecule has 188 valence electrons. The summed E-state index contributed by atoms with van der Waals surface area (Å²) in [4.78, 5) is 29.0. The molecule has 4 rings (SSSR count). The molecule has 0 radical (unpaired) electrons. The third-order valence-electron chi connectivity index (χ3n) is 6.26. The molecule has 2 aromatic carbocycles. The Bertz CT molecular complexity index is 1310. The van der Waals surface area contributed by atoms with Gasteiger partial charge in [-0.25, -0.2) is 4.68 Å². The van der Waals surface area contributed by atoms with Crippen molar-refractivity contribution in [1.82, 2.24) is 25.2 Å². The van der Waals surface area contributed by atoms with Crippen LogP contribution in [0.5, 0.6) is 5.75 Å². The van der Waals surface area contributed by atoms with Crippen LogP contribution in [0.4, 0.5) is 0 Å². The minimum atomic E-state index is -0.977. The molecule has 2 amide bonds. The fourth-order valence-electron chi connectivity index (χ4n) is 3.87. The number of benzene rings is 2. The number of hydrogen-bond donors (Lipinski definition) is 1. The van der Waals surface area contributed by atoms with Gasteiger partial charge in [0.2, 0.25) is 5.91 Å². The summed E-state index contributed by atoms with van der Waals surface area (Å²) in [5.41, 5.74) is 1.81. The van der Waals surface area contributed by atoms with Gasteiger partial charge < -0.3 is 19.4 Å². The Morgan fingerprint density at radius 3 is 2.53 bits per heavy atom. The summed E-state index contributed by atoms with van der Waals surface area (Å²) in [6.45, 7) is 5.99. The van der Waals surface area contributed by atoms with Crippen molar-refractivity contribution in [2.75, 3.05) is 7.11 Å². The lowest BCUT2D eigenvalue weighted by Gasteiger charge is -2.33. The largest absolute Gasteiger partial charge is 0.497 e. The molecule has 9 nitrogen and oxygen atoms in total. The molecule has 0 aliphatic carbocycles. The Morgan fingerprint density at radius 1 is 1.11 bits per heavy atom. The summed E-state index contributed by atoms with van der Waals surface area (Å²) >= 11 is 0. The summed E-state index contributed by atoms with van der Waals surface area (Å²) in [5, 5.41) is 11.4. The second-order valence-electron chi connectivity index (χ2n) is 9.25. The Labute approximate surface area is 210 Å². The molecule has 0 aliphatic heterocycles. The predicted molar refractivity (Wildman–Crippen MR) is 135 cm³/mol. The van der Waals surface area contributed by atoms with E-state index in [2.05, 4.69) is 15.6 Å². The minimum Gasteiger partial charge on any atom is -0.497 e. The van der Waals surface area contributed by atoms with Crippen molar-refractivity contribution < 1.29 is 18.7 Å². The molecule has 0 saturated carbocycles. The molecule has 0 bridgehead atoms. The molecule has 9 heteroatoms. The first-order valence-electron chi connectivity index (χ1n) is 11.9. The van der Waals surface area contributed by atoms with Crippen LogP contribution in [-0.2, 0) is 22.7 Å². The number of carbonyl (C=O) groups excluding carboxylic acids is 2. The number of rotatable bonds is 10. The highest BCUT2D eigenvalue weighted by atomic mass is 16.5. The topological polar surface area (TPSA) is 102 Å². The quantitative estimate of drug-likeness (QED) is 0.360. The SMILES string of the molecule is CCC(C)(C)NC(=O)[C@H](c1ccco1)N(Cc1ccc(OC)cc1)C(=O)Cn1nnc2ccccc21. The van der Waals surface area contributed by atoms with E-state index in [0.717, 1.165) is 17.5 Å². The fourth-order valence-corrected chi connectivity index (χ4v) is 3.87. The maximum absolute atomic E-state index is 13.8. The lowest BCUT2D eigenvalue weighted by Crippen LogP contribution is -2.50. The summed E-state index contributed by atoms with van der Waals surface area (Å²) in [5.74, 6) is 0.467. The van der Waals surface area contributed by atoms with E-state index in [1.165, 1.54) is 11.2 Å². The molecule has 0 spiro atoms. The first-order chi connectivity index (χ1) is 17.3. The van der Waals surface area contributed by atoms with E-state index in [-0.39, 0.29) is 24.9 Å². The number of para-hydroxylation sites is 1. The van der Waals surface area contributed by atoms with Crippen LogP contribution in [0.2, 0.25) is 0 Å². The molecule has 0 fully saturated rings. The van der Waals surface area contributed by atoms with Gasteiger partial charge in [0, 0.05) is 12.1 Å². The molecule has 1 N–H and O–H groups in total. The smallest absolute Gasteiger partial charge is 0.251 e. The lowest BCUT2D eigenvalue weighted by molar-refractivity contribution is -0.143. The van der Waals surface area contributed by atoms with Crippen LogP contribution in [0.25, 0.3) is 11.0 Å². The zero-order valence-electron chi connectivity index (χ0n) is 21.0. The van der Waals surface area contributed by atoms with E-state index in [4.69, 9.17) is 9.15 Å². The number of aromatic nitrogens is 3. The van der Waals surface area contributed by atoms with Crippen LogP contribution < -0.4 is 10.1 Å². The molecular weight excluding hydrogens is 458 g/mol. The number of ether oxygens (including phenoxy) is 1. The summed E-state index contributed by atoms with van der Waals surface area (Å²) in [7, 11) is 1.60. The van der Waals surface area contributed by atoms with Gasteiger partial charge in [-0.1, -0.05) is 36.4 Å². The zero-order valence-corrected chi connectivity index (χ0v) is 21.0. The third-order valence-corrected chi connectivity index (χ3v) is 6.26. The molecule has 36 heavy (non-hydrogen) atoms. The van der Waals surface area contributed by atoms with Gasteiger partial charge in [0.15, 0.2) is 6.04 Å². The van der Waals surface area contributed by atoms with Gasteiger partial charge in [0.1, 0.15) is 23.6 Å². The highest BCUT2D eigenvalue weighted by Gasteiger charge is 2.36. The molecule has 4 aromatic rings. The molecule has 2 heterocycles. The van der Waals surface area contributed by atoms with E-state index < -0.39 is 11.6 Å². The first-order valence-corrected chi connectivity index (χ1v) is 11.9. The molecule has 1 atom stereocenters. The van der Waals surface area contributed by atoms with Crippen LogP contribution in [0.3, 0.4) is 0 Å². The molecule has 2 aromatic heterocycles. The zero-order chi connectivity index (χ0) is 25.7. The summed E-state index contributed by atoms with van der Waals surface area (Å²) in [6, 6.07) is 17.3. The second kappa shape index (κ2) is 10.6. The number of hydrogen-bond acceptors (Lipinski definition) is 6. The molecule has 0 aliphatic rings. The van der Waals surface area contributed by atoms with Crippen LogP contribution in [0.15, 0.2) is 71.3 Å². The van der Waals surface area contributed by atoms with Crippen LogP contribution in [0, 0.1) is 0 Å². The first kappa shape index (κ1) is 25.0. The van der Waals surface area contributed by atoms with E-state index in [1.807, 2.05) is 69.3 Å². The van der Waals surface area contributed by atoms with Gasteiger partial charge in [0.25, 0.3) is 5.91 Å². The van der Waals surface area contributed by atoms with Crippen molar-refractivity contribution in [3.8, 4) is 5.75 Å². The van der Waals surface area contributed by atoms with E-state index in [9.17, 15) is 9.59 Å². The van der Waals surface area contributed by atoms with Crippen molar-refractivity contribution in [2.45, 2.75) is 51.9 Å². The van der Waals surface area contributed by atoms with Crippen molar-refractivity contribution >= 4 is 22.8 Å². The van der Waals surface area contributed by atoms with E-state index in [0.29, 0.717) is 17.0 Å². The van der Waals surface area contributed by atoms with Crippen LogP contribution in [-0.4, -0.2) is 44.4 Å². The molecule has 0 saturated heterocycles. The van der Waals surface area contributed by atoms with E-state index >= 15 is 0 Å². The Hall–Kier alpha value is -4.14. The Morgan fingerprint density at radius 2 is 1.86 bits per heavy atom. The van der Waals surface area contributed by atoms with Crippen molar-refractivity contribution in [1.29, 1.82) is 0 Å². The maximum Gasteiger partial charge on any atom is 0.251 e. The van der Waals surface area contributed by atoms with Gasteiger partial charge in [-0.3, -0.25) is 9.59 Å². The number of carbonyl (C=O) groups is 2. The predicted octanol–water partition coefficient (Wildman–Crippen LogP) is 4.11. The van der Waals surface area contributed by atoms with Gasteiger partial charge >= 0.3 is 0 Å². The normalized spacial score (nSPS) is 12.3. The standard InChI is InChI=1S/C27H31N5O4/c1-5-27(2,3)28-26(34)25(23-11-8-16-36-23)31(17-19-12-14-20(35-4)15-13-19)24(33)18-32-22-10-7-6-9-21(22)29-30-32/h6-16,25H,5,17-18H2,1-4H3,(H,28,34)/t25-/m0/s1. The number of nitrogens with zero attached hydrogens (tertiary/aromatic N) is 4. The average Bonchev–Trinajstić information content (AvgIpc) is 3.54. The third kappa shape index (κ3) is 5.56. The molecular formula is C27H31N5O4. The Kier molecular flexibility index (Phi) is 7.38. The van der Waals surface area contributed by atoms with Crippen molar-refractivity contribution in [2.24, 2.45) is 0 Å². The van der Waals surface area contributed by atoms with Crippen molar-refractivity contribution in [3.63, 3.8) is 0 Å². The van der Waals surface area contributed by atoms with Gasteiger partial charge in [-0.05, 0) is 62.2 Å². The van der Waals surface area contributed by atoms with Gasteiger partial charge in [-0.2, -0.15) is 0 Å². The van der Waals surface area contributed by atoms with Crippen LogP contribution in [0.1, 0.15) is 44.6 Å². The number of furan rings is 1.